The maximum absolute atomic E-state index is 12.5. The van der Waals surface area contributed by atoms with Gasteiger partial charge in [0, 0.05) is 18.7 Å². The van der Waals surface area contributed by atoms with Crippen LogP contribution in [0, 0.1) is 13.8 Å². The minimum Gasteiger partial charge on any atom is -0.441 e. The van der Waals surface area contributed by atoms with Gasteiger partial charge in [0.25, 0.3) is 0 Å². The van der Waals surface area contributed by atoms with Crippen molar-refractivity contribution in [1.82, 2.24) is 9.88 Å². The number of hydrogen-bond donors (Lipinski definition) is 0. The van der Waals surface area contributed by atoms with Crippen molar-refractivity contribution in [2.24, 2.45) is 0 Å². The van der Waals surface area contributed by atoms with Gasteiger partial charge < -0.3 is 9.32 Å². The minimum atomic E-state index is -3.02. The summed E-state index contributed by atoms with van der Waals surface area (Å²) in [5.41, 5.74) is 2.57. The molecule has 134 valence electrons. The Balaban J connectivity index is 1.74. The summed E-state index contributed by atoms with van der Waals surface area (Å²) < 4.78 is 28.9. The molecule has 25 heavy (non-hydrogen) atoms. The Morgan fingerprint density at radius 2 is 2.12 bits per heavy atom. The van der Waals surface area contributed by atoms with Gasteiger partial charge in [0.2, 0.25) is 11.8 Å². The first-order valence-electron chi connectivity index (χ1n) is 8.24. The van der Waals surface area contributed by atoms with Crippen molar-refractivity contribution in [2.45, 2.75) is 32.7 Å². The van der Waals surface area contributed by atoms with Gasteiger partial charge in [-0.2, -0.15) is 0 Å². The number of benzene rings is 1. The molecule has 0 bridgehead atoms. The van der Waals surface area contributed by atoms with E-state index in [9.17, 15) is 13.2 Å². The molecule has 2 aromatic rings. The number of sulfone groups is 1. The molecular weight excluding hydrogens is 340 g/mol. The van der Waals surface area contributed by atoms with Crippen LogP contribution in [0.2, 0.25) is 0 Å². The van der Waals surface area contributed by atoms with Crippen LogP contribution in [0.15, 0.2) is 28.7 Å². The van der Waals surface area contributed by atoms with Crippen LogP contribution in [0.5, 0.6) is 0 Å². The zero-order valence-corrected chi connectivity index (χ0v) is 15.5. The number of nitrogens with zero attached hydrogens (tertiary/aromatic N) is 2. The first-order chi connectivity index (χ1) is 11.7. The van der Waals surface area contributed by atoms with E-state index in [4.69, 9.17) is 4.42 Å². The monoisotopic (exact) mass is 362 g/mol. The smallest absolute Gasteiger partial charge is 0.228 e. The Kier molecular flexibility index (Phi) is 4.69. The van der Waals surface area contributed by atoms with Crippen molar-refractivity contribution in [2.75, 3.05) is 18.6 Å². The average Bonchev–Trinajstić information content (AvgIpc) is 3.09. The third-order valence-electron chi connectivity index (χ3n) is 4.63. The van der Waals surface area contributed by atoms with E-state index in [0.717, 1.165) is 11.1 Å². The normalized spacial score (nSPS) is 19.1. The maximum Gasteiger partial charge on any atom is 0.228 e. The number of aryl methyl sites for hydroxylation is 2. The van der Waals surface area contributed by atoms with E-state index in [1.165, 1.54) is 4.90 Å². The van der Waals surface area contributed by atoms with Crippen LogP contribution in [0.25, 0.3) is 11.5 Å². The average molecular weight is 362 g/mol. The second-order valence-corrected chi connectivity index (χ2v) is 8.86. The standard InChI is InChI=1S/C18H22N2O4S/c1-12-5-4-6-14(9-12)18-19-16(13(2)24-18)10-17(21)20(3)15-7-8-25(22,23)11-15/h4-6,9,15H,7-8,10-11H2,1-3H3. The van der Waals surface area contributed by atoms with E-state index in [0.29, 0.717) is 23.8 Å². The molecule has 1 aliphatic rings. The fraction of sp³-hybridized carbons (Fsp3) is 0.444. The van der Waals surface area contributed by atoms with Gasteiger partial charge in [-0.05, 0) is 32.4 Å². The Labute approximate surface area is 147 Å². The molecule has 1 aromatic heterocycles. The second kappa shape index (κ2) is 6.63. The van der Waals surface area contributed by atoms with Crippen LogP contribution in [-0.4, -0.2) is 48.8 Å². The van der Waals surface area contributed by atoms with Gasteiger partial charge in [-0.1, -0.05) is 17.7 Å². The molecule has 0 radical (unpaired) electrons. The fourth-order valence-electron chi connectivity index (χ4n) is 3.05. The van der Waals surface area contributed by atoms with Crippen molar-refractivity contribution in [3.05, 3.63) is 41.3 Å². The molecule has 1 aliphatic heterocycles. The van der Waals surface area contributed by atoms with E-state index >= 15 is 0 Å². The molecule has 3 rings (SSSR count). The van der Waals surface area contributed by atoms with E-state index < -0.39 is 9.84 Å². The molecule has 7 heteroatoms. The summed E-state index contributed by atoms with van der Waals surface area (Å²) >= 11 is 0. The van der Waals surface area contributed by atoms with Crippen molar-refractivity contribution >= 4 is 15.7 Å². The third kappa shape index (κ3) is 3.92. The summed E-state index contributed by atoms with van der Waals surface area (Å²) in [7, 11) is -1.36. The highest BCUT2D eigenvalue weighted by molar-refractivity contribution is 7.91. The van der Waals surface area contributed by atoms with Gasteiger partial charge in [0.05, 0.1) is 23.6 Å². The SMILES string of the molecule is Cc1cccc(-c2nc(CC(=O)N(C)C3CCS(=O)(=O)C3)c(C)o2)c1. The Morgan fingerprint density at radius 3 is 2.76 bits per heavy atom. The lowest BCUT2D eigenvalue weighted by atomic mass is 10.1. The highest BCUT2D eigenvalue weighted by Gasteiger charge is 2.33. The molecule has 0 N–H and O–H groups in total. The molecule has 2 heterocycles. The van der Waals surface area contributed by atoms with Gasteiger partial charge in [-0.15, -0.1) is 0 Å². The van der Waals surface area contributed by atoms with Crippen molar-refractivity contribution in [1.29, 1.82) is 0 Å². The van der Waals surface area contributed by atoms with Crippen molar-refractivity contribution < 1.29 is 17.6 Å². The van der Waals surface area contributed by atoms with E-state index in [1.54, 1.807) is 14.0 Å². The van der Waals surface area contributed by atoms with Gasteiger partial charge >= 0.3 is 0 Å². The van der Waals surface area contributed by atoms with Crippen LogP contribution in [-0.2, 0) is 21.1 Å². The summed E-state index contributed by atoms with van der Waals surface area (Å²) in [5, 5.41) is 0. The summed E-state index contributed by atoms with van der Waals surface area (Å²) in [5.74, 6) is 1.15. The molecule has 1 saturated heterocycles. The van der Waals surface area contributed by atoms with E-state index in [1.807, 2.05) is 31.2 Å². The Hall–Kier alpha value is -2.15. The van der Waals surface area contributed by atoms with Crippen LogP contribution in [0.1, 0.15) is 23.4 Å². The molecule has 1 atom stereocenters. The number of aromatic nitrogens is 1. The summed E-state index contributed by atoms with van der Waals surface area (Å²) in [6, 6.07) is 7.57. The lowest BCUT2D eigenvalue weighted by Crippen LogP contribution is -2.38. The number of rotatable bonds is 4. The number of amides is 1. The summed E-state index contributed by atoms with van der Waals surface area (Å²) in [6.07, 6.45) is 0.602. The molecule has 1 amide bonds. The van der Waals surface area contributed by atoms with Gasteiger partial charge in [0.15, 0.2) is 9.84 Å². The molecule has 0 spiro atoms. The van der Waals surface area contributed by atoms with Crippen molar-refractivity contribution in [3.8, 4) is 11.5 Å². The predicted molar refractivity (Wildman–Crippen MR) is 94.9 cm³/mol. The summed E-state index contributed by atoms with van der Waals surface area (Å²) in [6.45, 7) is 3.78. The molecular formula is C18H22N2O4S. The number of carbonyl (C=O) groups excluding carboxylic acids is 1. The number of oxazole rings is 1. The van der Waals surface area contributed by atoms with E-state index in [2.05, 4.69) is 4.98 Å². The number of carbonyl (C=O) groups is 1. The van der Waals surface area contributed by atoms with Gasteiger partial charge in [-0.25, -0.2) is 13.4 Å². The lowest BCUT2D eigenvalue weighted by Gasteiger charge is -2.23. The van der Waals surface area contributed by atoms with Crippen LogP contribution in [0.3, 0.4) is 0 Å². The third-order valence-corrected chi connectivity index (χ3v) is 6.38. The van der Waals surface area contributed by atoms with Crippen LogP contribution < -0.4 is 0 Å². The summed E-state index contributed by atoms with van der Waals surface area (Å²) in [4.78, 5) is 18.5. The number of likely N-dealkylation sites (N-methyl/N-ethyl adjacent to an activating group) is 1. The molecule has 6 nitrogen and oxygen atoms in total. The Bertz CT molecular complexity index is 902. The lowest BCUT2D eigenvalue weighted by molar-refractivity contribution is -0.130. The Morgan fingerprint density at radius 1 is 1.36 bits per heavy atom. The number of hydrogen-bond acceptors (Lipinski definition) is 5. The highest BCUT2D eigenvalue weighted by atomic mass is 32.2. The topological polar surface area (TPSA) is 80.5 Å². The van der Waals surface area contributed by atoms with Crippen molar-refractivity contribution in [3.63, 3.8) is 0 Å². The molecule has 0 aliphatic carbocycles. The highest BCUT2D eigenvalue weighted by Crippen LogP contribution is 2.24. The quantitative estimate of drug-likeness (QED) is 0.832. The fourth-order valence-corrected chi connectivity index (χ4v) is 4.82. The zero-order valence-electron chi connectivity index (χ0n) is 14.7. The second-order valence-electron chi connectivity index (χ2n) is 6.63. The first-order valence-corrected chi connectivity index (χ1v) is 10.1. The minimum absolute atomic E-state index is 0.0432. The van der Waals surface area contributed by atoms with Gasteiger partial charge in [0.1, 0.15) is 5.76 Å². The van der Waals surface area contributed by atoms with Crippen LogP contribution in [0.4, 0.5) is 0 Å². The van der Waals surface area contributed by atoms with E-state index in [-0.39, 0.29) is 29.9 Å². The first kappa shape index (κ1) is 17.7. The molecule has 1 unspecified atom stereocenters. The van der Waals surface area contributed by atoms with Gasteiger partial charge in [-0.3, -0.25) is 4.79 Å². The molecule has 1 fully saturated rings. The largest absolute Gasteiger partial charge is 0.441 e. The molecule has 0 saturated carbocycles. The van der Waals surface area contributed by atoms with Crippen LogP contribution >= 0.6 is 0 Å². The molecule has 1 aromatic carbocycles. The maximum atomic E-state index is 12.5. The predicted octanol–water partition coefficient (Wildman–Crippen LogP) is 2.15. The zero-order chi connectivity index (χ0) is 18.2.